The maximum Gasteiger partial charge on any atom is 0.435 e. The average molecular weight is 1250 g/mol. The fraction of sp³-hybridized carbons (Fsp3) is 0.537. The molecule has 4 fully saturated rings. The maximum atomic E-state index is 12.5. The Morgan fingerprint density at radius 2 is 0.719 bits per heavy atom. The van der Waals surface area contributed by atoms with Gasteiger partial charge < -0.3 is 45.9 Å². The van der Waals surface area contributed by atoms with Crippen molar-refractivity contribution < 1.29 is 67.0 Å². The highest BCUT2D eigenvalue weighted by molar-refractivity contribution is 5.87. The molecule has 6 aliphatic rings. The fourth-order valence-corrected chi connectivity index (χ4v) is 9.73. The number of nitrogens with two attached hydrogens (primary N) is 1. The molecule has 4 atom stereocenters. The summed E-state index contributed by atoms with van der Waals surface area (Å²) in [5.41, 5.74) is 13.2. The number of hydrogen-bond acceptors (Lipinski definition) is 15. The zero-order valence-corrected chi connectivity index (χ0v) is 56.1. The minimum absolute atomic E-state index is 0.0209. The summed E-state index contributed by atoms with van der Waals surface area (Å²) in [7, 11) is 7.75. The summed E-state index contributed by atoms with van der Waals surface area (Å²) in [6.07, 6.45) is 0.404. The largest absolute Gasteiger partial charge is 0.447 e. The van der Waals surface area contributed by atoms with E-state index in [9.17, 15) is 33.6 Å². The van der Waals surface area contributed by atoms with E-state index in [0.29, 0.717) is 45.7 Å². The minimum atomic E-state index is -0.643. The SMILES string of the molecule is CC.CC.CC.CC.CC.CN.CNC(=O)[C@@H]1CCOC1.CNC(=O)[C@@H]1CCON1C(=O)OC(C)(C)C.CNC(=O)[C@@H]1CCON1C(=O)OCC1c2ccccc2-c2ccccc21.CNC(=O)[C@@H]1CCON1C(=O)OCC1c2ccccc2-c2ccccc21. The van der Waals surface area contributed by atoms with Gasteiger partial charge in [-0.2, -0.15) is 15.2 Å². The smallest absolute Gasteiger partial charge is 0.435 e. The number of benzene rings is 4. The average Bonchev–Trinajstić information content (AvgIpc) is 1.92. The van der Waals surface area contributed by atoms with Crippen molar-refractivity contribution in [1.82, 2.24) is 36.5 Å². The lowest BCUT2D eigenvalue weighted by atomic mass is 9.98. The molecule has 6 N–H and O–H groups in total. The maximum absolute atomic E-state index is 12.5. The Morgan fingerprint density at radius 3 is 0.978 bits per heavy atom. The van der Waals surface area contributed by atoms with Crippen LogP contribution in [0, 0.1) is 5.92 Å². The number of hydroxylamine groups is 6. The third-order valence-corrected chi connectivity index (χ3v) is 13.5. The van der Waals surface area contributed by atoms with E-state index in [4.69, 9.17) is 33.5 Å². The molecule has 22 nitrogen and oxygen atoms in total. The van der Waals surface area contributed by atoms with E-state index in [-0.39, 0.29) is 54.6 Å². The Hall–Kier alpha value is -7.63. The van der Waals surface area contributed by atoms with Crippen LogP contribution in [0.25, 0.3) is 22.3 Å². The number of likely N-dealkylation sites (N-methyl/N-ethyl adjacent to an activating group) is 3. The van der Waals surface area contributed by atoms with E-state index >= 15 is 0 Å². The lowest BCUT2D eigenvalue weighted by molar-refractivity contribution is -0.146. The molecule has 4 heterocycles. The molecule has 10 rings (SSSR count). The van der Waals surface area contributed by atoms with Gasteiger partial charge in [0.05, 0.1) is 32.3 Å². The Labute approximate surface area is 529 Å². The van der Waals surface area contributed by atoms with Crippen LogP contribution in [0.1, 0.15) is 150 Å². The minimum Gasteiger partial charge on any atom is -0.447 e. The normalized spacial score (nSPS) is 17.5. The number of ether oxygens (including phenoxy) is 4. The molecule has 4 aromatic rings. The van der Waals surface area contributed by atoms with Crippen LogP contribution in [0.5, 0.6) is 0 Å². The Kier molecular flexibility index (Phi) is 38.5. The van der Waals surface area contributed by atoms with Gasteiger partial charge in [-0.3, -0.25) is 33.7 Å². The van der Waals surface area contributed by atoms with Gasteiger partial charge in [-0.1, -0.05) is 166 Å². The molecule has 0 bridgehead atoms. The standard InChI is InChI=1S/2C20H20N2O4.C10H18N2O4.C6H11NO2.5C2H6.CH5N/c2*1-21-19(23)18-10-11-26-22(18)20(24)25-12-17-15-8-4-2-6-13(15)14-7-3-5-9-16(14)17;1-10(2,3)16-9(14)12-7(5-6-15-12)8(13)11-4;1-7-6(8)5-2-3-9-4-5;6*1-2/h2*2-9,17-18H,10-12H2,1H3,(H,21,23);7H,5-6H2,1-4H3,(H,11,13);5H,2-4H2,1H3,(H,7,8);5*1-2H3;2H2,1H3/t2*18-;7-;5-;;;;;;/m0001....../s1. The molecule has 4 saturated heterocycles. The zero-order valence-electron chi connectivity index (χ0n) is 56.1. The number of nitrogens with one attached hydrogen (secondary N) is 4. The summed E-state index contributed by atoms with van der Waals surface area (Å²) in [4.78, 5) is 98.3. The van der Waals surface area contributed by atoms with Crippen LogP contribution in [-0.4, -0.2) is 162 Å². The van der Waals surface area contributed by atoms with Gasteiger partial charge in [-0.25, -0.2) is 14.4 Å². The van der Waals surface area contributed by atoms with Crippen molar-refractivity contribution in [3.8, 4) is 22.3 Å². The molecule has 2 aliphatic carbocycles. The van der Waals surface area contributed by atoms with Crippen molar-refractivity contribution >= 4 is 41.9 Å². The summed E-state index contributed by atoms with van der Waals surface area (Å²) in [5, 5.41) is 13.3. The van der Waals surface area contributed by atoms with E-state index < -0.39 is 42.0 Å². The molecular weight excluding hydrogens is 1140 g/mol. The first-order valence-corrected chi connectivity index (χ1v) is 31.3. The molecule has 496 valence electrons. The Bertz CT molecular complexity index is 2520. The highest BCUT2D eigenvalue weighted by Crippen LogP contribution is 2.46. The van der Waals surface area contributed by atoms with Crippen LogP contribution >= 0.6 is 0 Å². The second-order valence-electron chi connectivity index (χ2n) is 19.5. The third-order valence-electron chi connectivity index (χ3n) is 13.5. The molecule has 0 aromatic heterocycles. The number of carbonyl (C=O) groups excluding carboxylic acids is 7. The number of carbonyl (C=O) groups is 7. The lowest BCUT2D eigenvalue weighted by Crippen LogP contribution is -2.46. The number of amides is 7. The molecular formula is C67H104N8O14. The quantitative estimate of drug-likeness (QED) is 0.103. The fourth-order valence-electron chi connectivity index (χ4n) is 9.73. The van der Waals surface area contributed by atoms with Crippen LogP contribution in [0.15, 0.2) is 97.1 Å². The highest BCUT2D eigenvalue weighted by atomic mass is 16.7. The Balaban J connectivity index is 0.000000588. The first kappa shape index (κ1) is 79.4. The van der Waals surface area contributed by atoms with E-state index in [0.717, 1.165) is 50.5 Å². The predicted octanol–water partition coefficient (Wildman–Crippen LogP) is 10.5. The van der Waals surface area contributed by atoms with Crippen LogP contribution in [-0.2, 0) is 52.6 Å². The zero-order chi connectivity index (χ0) is 67.2. The molecule has 0 saturated carbocycles. The molecule has 0 spiro atoms. The summed E-state index contributed by atoms with van der Waals surface area (Å²) in [6, 6.07) is 30.7. The number of rotatable bonds is 8. The van der Waals surface area contributed by atoms with E-state index in [1.165, 1.54) is 50.4 Å². The molecule has 4 aromatic carbocycles. The second-order valence-corrected chi connectivity index (χ2v) is 19.5. The summed E-state index contributed by atoms with van der Waals surface area (Å²) in [5.74, 6) is -0.585. The number of hydrogen-bond donors (Lipinski definition) is 5. The second kappa shape index (κ2) is 43.1. The number of fused-ring (bicyclic) bond motifs is 6. The van der Waals surface area contributed by atoms with Crippen LogP contribution in [0.3, 0.4) is 0 Å². The summed E-state index contributed by atoms with van der Waals surface area (Å²) < 4.78 is 21.2. The van der Waals surface area contributed by atoms with Crippen LogP contribution in [0.4, 0.5) is 14.4 Å². The van der Waals surface area contributed by atoms with Gasteiger partial charge in [0.1, 0.15) is 36.9 Å². The first-order chi connectivity index (χ1) is 43.1. The van der Waals surface area contributed by atoms with Crippen LogP contribution in [0.2, 0.25) is 0 Å². The van der Waals surface area contributed by atoms with Gasteiger partial charge in [0, 0.05) is 65.9 Å². The topological polar surface area (TPSA) is 268 Å². The van der Waals surface area contributed by atoms with Crippen molar-refractivity contribution in [3.05, 3.63) is 119 Å². The third kappa shape index (κ3) is 22.4. The summed E-state index contributed by atoms with van der Waals surface area (Å²) in [6.45, 7) is 28.0. The predicted molar refractivity (Wildman–Crippen MR) is 347 cm³/mol. The molecule has 22 heteroatoms. The summed E-state index contributed by atoms with van der Waals surface area (Å²) >= 11 is 0. The van der Waals surface area contributed by atoms with Gasteiger partial charge in [0.25, 0.3) is 0 Å². The molecule has 4 aliphatic heterocycles. The van der Waals surface area contributed by atoms with Crippen molar-refractivity contribution in [2.75, 3.05) is 81.5 Å². The highest BCUT2D eigenvalue weighted by Gasteiger charge is 2.41. The van der Waals surface area contributed by atoms with Gasteiger partial charge in [-0.05, 0) is 78.7 Å². The molecule has 7 amide bonds. The van der Waals surface area contributed by atoms with Gasteiger partial charge in [-0.15, -0.1) is 0 Å². The van der Waals surface area contributed by atoms with E-state index in [1.807, 2.05) is 118 Å². The van der Waals surface area contributed by atoms with Crippen molar-refractivity contribution in [2.24, 2.45) is 11.7 Å². The van der Waals surface area contributed by atoms with Gasteiger partial charge >= 0.3 is 18.3 Å². The Morgan fingerprint density at radius 1 is 0.438 bits per heavy atom. The van der Waals surface area contributed by atoms with Gasteiger partial charge in [0.2, 0.25) is 23.6 Å². The monoisotopic (exact) mass is 1240 g/mol. The van der Waals surface area contributed by atoms with Crippen molar-refractivity contribution in [3.63, 3.8) is 0 Å². The van der Waals surface area contributed by atoms with Crippen molar-refractivity contribution in [1.29, 1.82) is 0 Å². The first-order valence-electron chi connectivity index (χ1n) is 31.3. The van der Waals surface area contributed by atoms with Crippen molar-refractivity contribution in [2.45, 2.75) is 151 Å². The molecule has 0 radical (unpaired) electrons. The van der Waals surface area contributed by atoms with Crippen LogP contribution < -0.4 is 27.0 Å². The molecule has 89 heavy (non-hydrogen) atoms. The van der Waals surface area contributed by atoms with E-state index in [1.54, 1.807) is 27.8 Å². The lowest BCUT2D eigenvalue weighted by Gasteiger charge is -2.26. The van der Waals surface area contributed by atoms with E-state index in [2.05, 4.69) is 75.5 Å². The van der Waals surface area contributed by atoms with Gasteiger partial charge in [0.15, 0.2) is 0 Å². The number of nitrogens with zero attached hydrogens (tertiary/aromatic N) is 3. The molecule has 0 unspecified atom stereocenters.